The highest BCUT2D eigenvalue weighted by molar-refractivity contribution is 6.09. The Bertz CT molecular complexity index is 1060. The number of carbonyl (C=O) groups excluding carboxylic acids is 2. The molecule has 4 N–H and O–H groups in total. The fraction of sp³-hybridized carbons (Fsp3) is 0.176. The second kappa shape index (κ2) is 6.48. The highest BCUT2D eigenvalue weighted by atomic mass is 16.7. The zero-order chi connectivity index (χ0) is 19.0. The monoisotopic (exact) mass is 369 g/mol. The fourth-order valence-electron chi connectivity index (χ4n) is 2.65. The first kappa shape index (κ1) is 16.6. The maximum Gasteiger partial charge on any atom is 0.341 e. The van der Waals surface area contributed by atoms with E-state index >= 15 is 0 Å². The van der Waals surface area contributed by atoms with Gasteiger partial charge in [-0.1, -0.05) is 0 Å². The predicted molar refractivity (Wildman–Crippen MR) is 94.8 cm³/mol. The van der Waals surface area contributed by atoms with E-state index in [1.165, 1.54) is 6.07 Å². The SMILES string of the molecule is CCOC(=O)c1cc2c(NC(=O)c3ccc4c(c3)OCO4)n[nH]c2nc1N. The van der Waals surface area contributed by atoms with Gasteiger partial charge in [0.25, 0.3) is 5.91 Å². The van der Waals surface area contributed by atoms with E-state index in [0.29, 0.717) is 28.1 Å². The van der Waals surface area contributed by atoms with E-state index in [9.17, 15) is 9.59 Å². The van der Waals surface area contributed by atoms with Crippen molar-refractivity contribution in [2.45, 2.75) is 6.92 Å². The van der Waals surface area contributed by atoms with Crippen LogP contribution < -0.4 is 20.5 Å². The molecule has 1 amide bonds. The molecule has 0 radical (unpaired) electrons. The Morgan fingerprint density at radius 1 is 1.30 bits per heavy atom. The second-order valence-corrected chi connectivity index (χ2v) is 5.63. The van der Waals surface area contributed by atoms with E-state index in [1.54, 1.807) is 25.1 Å². The first-order valence-corrected chi connectivity index (χ1v) is 8.09. The number of pyridine rings is 1. The van der Waals surface area contributed by atoms with E-state index in [0.717, 1.165) is 0 Å². The molecular formula is C17H15N5O5. The van der Waals surface area contributed by atoms with Crippen molar-refractivity contribution < 1.29 is 23.8 Å². The number of fused-ring (bicyclic) bond motifs is 2. The Balaban J connectivity index is 1.64. The van der Waals surface area contributed by atoms with Crippen LogP contribution in [0, 0.1) is 0 Å². The zero-order valence-corrected chi connectivity index (χ0v) is 14.2. The van der Waals surface area contributed by atoms with Gasteiger partial charge in [-0.3, -0.25) is 9.89 Å². The first-order valence-electron chi connectivity index (χ1n) is 8.09. The van der Waals surface area contributed by atoms with Crippen molar-refractivity contribution in [2.75, 3.05) is 24.5 Å². The summed E-state index contributed by atoms with van der Waals surface area (Å²) in [5.41, 5.74) is 6.60. The van der Waals surface area contributed by atoms with Crippen LogP contribution in [0.1, 0.15) is 27.6 Å². The van der Waals surface area contributed by atoms with Crippen molar-refractivity contribution in [1.82, 2.24) is 15.2 Å². The summed E-state index contributed by atoms with van der Waals surface area (Å²) in [7, 11) is 0. The lowest BCUT2D eigenvalue weighted by Gasteiger charge is -2.06. The molecule has 3 heterocycles. The van der Waals surface area contributed by atoms with Gasteiger partial charge >= 0.3 is 5.97 Å². The third-order valence-electron chi connectivity index (χ3n) is 3.94. The topological polar surface area (TPSA) is 141 Å². The summed E-state index contributed by atoms with van der Waals surface area (Å²) < 4.78 is 15.5. The highest BCUT2D eigenvalue weighted by Crippen LogP contribution is 2.33. The number of nitrogens with two attached hydrogens (primary N) is 1. The predicted octanol–water partition coefficient (Wildman–Crippen LogP) is 1.70. The van der Waals surface area contributed by atoms with Crippen molar-refractivity contribution in [3.05, 3.63) is 35.4 Å². The molecule has 0 saturated heterocycles. The van der Waals surface area contributed by atoms with Gasteiger partial charge < -0.3 is 25.3 Å². The number of esters is 1. The van der Waals surface area contributed by atoms with Crippen molar-refractivity contribution in [2.24, 2.45) is 0 Å². The van der Waals surface area contributed by atoms with E-state index in [2.05, 4.69) is 20.5 Å². The highest BCUT2D eigenvalue weighted by Gasteiger charge is 2.20. The minimum Gasteiger partial charge on any atom is -0.462 e. The average Bonchev–Trinajstić information content (AvgIpc) is 3.27. The van der Waals surface area contributed by atoms with Crippen LogP contribution in [0.5, 0.6) is 11.5 Å². The van der Waals surface area contributed by atoms with Crippen molar-refractivity contribution in [3.8, 4) is 11.5 Å². The molecule has 1 aliphatic heterocycles. The number of ether oxygens (including phenoxy) is 3. The van der Waals surface area contributed by atoms with Crippen LogP contribution in [-0.2, 0) is 4.74 Å². The normalized spacial score (nSPS) is 12.2. The summed E-state index contributed by atoms with van der Waals surface area (Å²) in [6.45, 7) is 2.01. The minimum atomic E-state index is -0.598. The molecule has 1 aliphatic rings. The molecule has 3 aromatic rings. The Morgan fingerprint density at radius 2 is 2.11 bits per heavy atom. The van der Waals surface area contributed by atoms with Crippen LogP contribution in [0.15, 0.2) is 24.3 Å². The molecule has 1 aromatic carbocycles. The van der Waals surface area contributed by atoms with Gasteiger partial charge in [-0.05, 0) is 31.2 Å². The van der Waals surface area contributed by atoms with Crippen molar-refractivity contribution in [3.63, 3.8) is 0 Å². The second-order valence-electron chi connectivity index (χ2n) is 5.63. The molecule has 138 valence electrons. The summed E-state index contributed by atoms with van der Waals surface area (Å²) >= 11 is 0. The number of nitrogens with one attached hydrogen (secondary N) is 2. The van der Waals surface area contributed by atoms with Gasteiger partial charge in [0.15, 0.2) is 23.0 Å². The smallest absolute Gasteiger partial charge is 0.341 e. The molecule has 0 fully saturated rings. The van der Waals surface area contributed by atoms with Crippen molar-refractivity contribution >= 4 is 34.5 Å². The third kappa shape index (κ3) is 2.97. The molecule has 4 rings (SSSR count). The lowest BCUT2D eigenvalue weighted by atomic mass is 10.2. The molecule has 2 aromatic heterocycles. The number of carbonyl (C=O) groups is 2. The van der Waals surface area contributed by atoms with Crippen LogP contribution in [0.2, 0.25) is 0 Å². The molecule has 0 unspecified atom stereocenters. The van der Waals surface area contributed by atoms with E-state index in [1.807, 2.05) is 0 Å². The Labute approximate surface area is 152 Å². The van der Waals surface area contributed by atoms with Gasteiger partial charge in [-0.15, -0.1) is 0 Å². The third-order valence-corrected chi connectivity index (χ3v) is 3.94. The number of anilines is 2. The number of nitrogen functional groups attached to an aromatic ring is 1. The molecule has 10 heteroatoms. The van der Waals surface area contributed by atoms with Crippen LogP contribution in [-0.4, -0.2) is 40.5 Å². The lowest BCUT2D eigenvalue weighted by molar-refractivity contribution is 0.0527. The summed E-state index contributed by atoms with van der Waals surface area (Å²) in [5, 5.41) is 9.82. The minimum absolute atomic E-state index is 0.0123. The molecular weight excluding hydrogens is 354 g/mol. The summed E-state index contributed by atoms with van der Waals surface area (Å²) in [4.78, 5) is 28.7. The quantitative estimate of drug-likeness (QED) is 0.590. The van der Waals surface area contributed by atoms with Gasteiger partial charge in [-0.25, -0.2) is 9.78 Å². The number of amides is 1. The lowest BCUT2D eigenvalue weighted by Crippen LogP contribution is -2.13. The number of H-pyrrole nitrogens is 1. The molecule has 0 aliphatic carbocycles. The van der Waals surface area contributed by atoms with Crippen LogP contribution in [0.25, 0.3) is 11.0 Å². The average molecular weight is 369 g/mol. The Kier molecular flexibility index (Phi) is 3.99. The Morgan fingerprint density at radius 3 is 2.93 bits per heavy atom. The summed E-state index contributed by atoms with van der Waals surface area (Å²) in [6.07, 6.45) is 0. The van der Waals surface area contributed by atoms with E-state index in [-0.39, 0.29) is 30.6 Å². The van der Waals surface area contributed by atoms with Crippen molar-refractivity contribution in [1.29, 1.82) is 0 Å². The van der Waals surface area contributed by atoms with Gasteiger partial charge in [0, 0.05) is 5.56 Å². The molecule has 0 bridgehead atoms. The maximum absolute atomic E-state index is 12.5. The maximum atomic E-state index is 12.5. The van der Waals surface area contributed by atoms with Gasteiger partial charge in [-0.2, -0.15) is 5.10 Å². The van der Waals surface area contributed by atoms with Crippen LogP contribution in [0.3, 0.4) is 0 Å². The van der Waals surface area contributed by atoms with Crippen LogP contribution >= 0.6 is 0 Å². The number of aromatic nitrogens is 3. The molecule has 0 spiro atoms. The fourth-order valence-corrected chi connectivity index (χ4v) is 2.65. The largest absolute Gasteiger partial charge is 0.462 e. The van der Waals surface area contributed by atoms with Gasteiger partial charge in [0.05, 0.1) is 12.0 Å². The molecule has 10 nitrogen and oxygen atoms in total. The number of hydrogen-bond acceptors (Lipinski definition) is 8. The van der Waals surface area contributed by atoms with E-state index < -0.39 is 11.9 Å². The number of aromatic amines is 1. The standard InChI is InChI=1S/C17H15N5O5/c1-2-25-17(24)9-6-10-14(19-13(9)18)21-22-15(10)20-16(23)8-3-4-11-12(5-8)27-7-26-11/h3-6H,2,7H2,1H3,(H4,18,19,20,21,22,23). The number of nitrogens with zero attached hydrogens (tertiary/aromatic N) is 2. The zero-order valence-electron chi connectivity index (χ0n) is 14.2. The number of benzene rings is 1. The van der Waals surface area contributed by atoms with Crippen LogP contribution in [0.4, 0.5) is 11.6 Å². The first-order chi connectivity index (χ1) is 13.1. The molecule has 0 atom stereocenters. The summed E-state index contributed by atoms with van der Waals surface area (Å²) in [6, 6.07) is 6.32. The molecule has 27 heavy (non-hydrogen) atoms. The molecule has 0 saturated carbocycles. The van der Waals surface area contributed by atoms with Gasteiger partial charge in [0.1, 0.15) is 11.4 Å². The van der Waals surface area contributed by atoms with Gasteiger partial charge in [0.2, 0.25) is 6.79 Å². The summed E-state index contributed by atoms with van der Waals surface area (Å²) in [5.74, 6) is 0.294. The number of hydrogen-bond donors (Lipinski definition) is 3. The van der Waals surface area contributed by atoms with E-state index in [4.69, 9.17) is 19.9 Å². The Hall–Kier alpha value is -3.82. The number of rotatable bonds is 4.